The van der Waals surface area contributed by atoms with E-state index in [1.807, 2.05) is 31.3 Å². The standard InChI is InChI=1S/C17H19BrFNO/c1-20-11-14(12-5-3-7-15(18)10-12)9-13-6-4-8-16(21-2)17(13)19/h3-8,10,14,20H,9,11H2,1-2H3. The van der Waals surface area contributed by atoms with Crippen molar-refractivity contribution in [3.05, 3.63) is 63.9 Å². The Hall–Kier alpha value is -1.39. The minimum Gasteiger partial charge on any atom is -0.494 e. The average molecular weight is 352 g/mol. The van der Waals surface area contributed by atoms with Crippen LogP contribution in [0.4, 0.5) is 4.39 Å². The van der Waals surface area contributed by atoms with E-state index >= 15 is 0 Å². The highest BCUT2D eigenvalue weighted by Gasteiger charge is 2.16. The van der Waals surface area contributed by atoms with E-state index in [-0.39, 0.29) is 11.7 Å². The molecule has 0 spiro atoms. The Balaban J connectivity index is 2.28. The molecule has 0 bridgehead atoms. The van der Waals surface area contributed by atoms with Crippen molar-refractivity contribution in [2.24, 2.45) is 0 Å². The molecule has 2 nitrogen and oxygen atoms in total. The second-order valence-electron chi connectivity index (χ2n) is 4.95. The maximum absolute atomic E-state index is 14.3. The van der Waals surface area contributed by atoms with Crippen molar-refractivity contribution >= 4 is 15.9 Å². The molecule has 0 aromatic heterocycles. The molecule has 0 aliphatic carbocycles. The van der Waals surface area contributed by atoms with Crippen molar-refractivity contribution in [2.75, 3.05) is 20.7 Å². The van der Waals surface area contributed by atoms with Crippen LogP contribution in [0.5, 0.6) is 5.75 Å². The van der Waals surface area contributed by atoms with Gasteiger partial charge in [0, 0.05) is 16.9 Å². The summed E-state index contributed by atoms with van der Waals surface area (Å²) in [7, 11) is 3.40. The van der Waals surface area contributed by atoms with Crippen LogP contribution in [0.1, 0.15) is 17.0 Å². The molecule has 21 heavy (non-hydrogen) atoms. The van der Waals surface area contributed by atoms with Gasteiger partial charge >= 0.3 is 0 Å². The highest BCUT2D eigenvalue weighted by Crippen LogP contribution is 2.27. The minimum atomic E-state index is -0.268. The Kier molecular flexibility index (Phi) is 5.76. The molecule has 0 saturated carbocycles. The number of hydrogen-bond acceptors (Lipinski definition) is 2. The first-order valence-corrected chi connectivity index (χ1v) is 7.66. The quantitative estimate of drug-likeness (QED) is 0.844. The van der Waals surface area contributed by atoms with Gasteiger partial charge in [-0.2, -0.15) is 0 Å². The van der Waals surface area contributed by atoms with Crippen LogP contribution in [0, 0.1) is 5.82 Å². The number of ether oxygens (including phenoxy) is 1. The molecule has 0 aliphatic rings. The van der Waals surface area contributed by atoms with E-state index in [1.165, 1.54) is 12.7 Å². The number of hydrogen-bond donors (Lipinski definition) is 1. The molecule has 2 aromatic carbocycles. The van der Waals surface area contributed by atoms with Crippen LogP contribution >= 0.6 is 15.9 Å². The zero-order chi connectivity index (χ0) is 15.2. The summed E-state index contributed by atoms with van der Waals surface area (Å²) < 4.78 is 20.4. The molecule has 1 N–H and O–H groups in total. The minimum absolute atomic E-state index is 0.203. The first kappa shape index (κ1) is 16.0. The largest absolute Gasteiger partial charge is 0.494 e. The number of likely N-dealkylation sites (N-methyl/N-ethyl adjacent to an activating group) is 1. The third kappa shape index (κ3) is 4.05. The summed E-state index contributed by atoms with van der Waals surface area (Å²) in [5, 5.41) is 3.19. The van der Waals surface area contributed by atoms with Crippen molar-refractivity contribution in [3.63, 3.8) is 0 Å². The van der Waals surface area contributed by atoms with Crippen LogP contribution in [0.3, 0.4) is 0 Å². The number of methoxy groups -OCH3 is 1. The van der Waals surface area contributed by atoms with Gasteiger partial charge in [-0.1, -0.05) is 40.2 Å². The van der Waals surface area contributed by atoms with Crippen LogP contribution < -0.4 is 10.1 Å². The van der Waals surface area contributed by atoms with Gasteiger partial charge in [-0.15, -0.1) is 0 Å². The van der Waals surface area contributed by atoms with Crippen molar-refractivity contribution in [1.82, 2.24) is 5.32 Å². The number of halogens is 2. The summed E-state index contributed by atoms with van der Waals surface area (Å²) in [6.07, 6.45) is 0.625. The van der Waals surface area contributed by atoms with E-state index in [0.29, 0.717) is 17.7 Å². The number of benzene rings is 2. The summed E-state index contributed by atoms with van der Waals surface area (Å²) in [4.78, 5) is 0. The van der Waals surface area contributed by atoms with E-state index < -0.39 is 0 Å². The van der Waals surface area contributed by atoms with Crippen LogP contribution in [0.2, 0.25) is 0 Å². The van der Waals surface area contributed by atoms with Crippen LogP contribution in [-0.4, -0.2) is 20.7 Å². The molecule has 2 aromatic rings. The fourth-order valence-corrected chi connectivity index (χ4v) is 2.87. The topological polar surface area (TPSA) is 21.3 Å². The van der Waals surface area contributed by atoms with E-state index in [0.717, 1.165) is 11.0 Å². The predicted molar refractivity (Wildman–Crippen MR) is 87.5 cm³/mol. The summed E-state index contributed by atoms with van der Waals surface area (Å²) >= 11 is 3.49. The fraction of sp³-hybridized carbons (Fsp3) is 0.294. The molecule has 0 radical (unpaired) electrons. The molecule has 0 fully saturated rings. The molecule has 0 aliphatic heterocycles. The second kappa shape index (κ2) is 7.57. The zero-order valence-corrected chi connectivity index (χ0v) is 13.8. The van der Waals surface area contributed by atoms with Crippen molar-refractivity contribution in [2.45, 2.75) is 12.3 Å². The van der Waals surface area contributed by atoms with Gasteiger partial charge in [0.2, 0.25) is 0 Å². The maximum Gasteiger partial charge on any atom is 0.168 e. The van der Waals surface area contributed by atoms with Gasteiger partial charge < -0.3 is 10.1 Å². The van der Waals surface area contributed by atoms with Gasteiger partial charge in [0.1, 0.15) is 0 Å². The Morgan fingerprint density at radius 2 is 2.00 bits per heavy atom. The SMILES string of the molecule is CNCC(Cc1cccc(OC)c1F)c1cccc(Br)c1. The first-order valence-electron chi connectivity index (χ1n) is 6.87. The van der Waals surface area contributed by atoms with Crippen LogP contribution in [0.25, 0.3) is 0 Å². The molecular weight excluding hydrogens is 333 g/mol. The molecule has 4 heteroatoms. The third-order valence-electron chi connectivity index (χ3n) is 3.50. The lowest BCUT2D eigenvalue weighted by Gasteiger charge is -2.18. The van der Waals surface area contributed by atoms with E-state index in [2.05, 4.69) is 33.4 Å². The van der Waals surface area contributed by atoms with Crippen molar-refractivity contribution < 1.29 is 9.13 Å². The Labute approximate surface area is 133 Å². The van der Waals surface area contributed by atoms with Gasteiger partial charge in [0.05, 0.1) is 7.11 Å². The monoisotopic (exact) mass is 351 g/mol. The highest BCUT2D eigenvalue weighted by atomic mass is 79.9. The fourth-order valence-electron chi connectivity index (χ4n) is 2.45. The van der Waals surface area contributed by atoms with Crippen molar-refractivity contribution in [3.8, 4) is 5.75 Å². The summed E-state index contributed by atoms with van der Waals surface area (Å²) in [5.41, 5.74) is 1.86. The first-order chi connectivity index (χ1) is 10.2. The molecule has 0 heterocycles. The lowest BCUT2D eigenvalue weighted by Crippen LogP contribution is -2.19. The van der Waals surface area contributed by atoms with E-state index in [4.69, 9.17) is 4.74 Å². The normalized spacial score (nSPS) is 12.2. The second-order valence-corrected chi connectivity index (χ2v) is 5.86. The van der Waals surface area contributed by atoms with Crippen molar-refractivity contribution in [1.29, 1.82) is 0 Å². The Bertz CT molecular complexity index is 603. The molecule has 2 rings (SSSR count). The Morgan fingerprint density at radius 3 is 2.67 bits per heavy atom. The third-order valence-corrected chi connectivity index (χ3v) is 3.99. The van der Waals surface area contributed by atoms with Gasteiger partial charge in [-0.05, 0) is 42.8 Å². The maximum atomic E-state index is 14.3. The molecule has 112 valence electrons. The van der Waals surface area contributed by atoms with Gasteiger partial charge in [-0.3, -0.25) is 0 Å². The average Bonchev–Trinajstić information content (AvgIpc) is 2.48. The lowest BCUT2D eigenvalue weighted by atomic mass is 9.91. The predicted octanol–water partition coefficient (Wildman–Crippen LogP) is 4.14. The summed E-state index contributed by atoms with van der Waals surface area (Å²) in [6, 6.07) is 13.4. The smallest absolute Gasteiger partial charge is 0.168 e. The molecule has 0 amide bonds. The van der Waals surface area contributed by atoms with E-state index in [9.17, 15) is 4.39 Å². The van der Waals surface area contributed by atoms with Crippen LogP contribution in [0.15, 0.2) is 46.9 Å². The number of rotatable bonds is 6. The number of nitrogens with one attached hydrogen (secondary N) is 1. The summed E-state index contributed by atoms with van der Waals surface area (Å²) in [5.74, 6) is 0.232. The Morgan fingerprint density at radius 1 is 1.24 bits per heavy atom. The summed E-state index contributed by atoms with van der Waals surface area (Å²) in [6.45, 7) is 0.785. The molecule has 1 atom stereocenters. The van der Waals surface area contributed by atoms with E-state index in [1.54, 1.807) is 6.07 Å². The van der Waals surface area contributed by atoms with Crippen LogP contribution in [-0.2, 0) is 6.42 Å². The molecule has 0 saturated heterocycles. The molecular formula is C17H19BrFNO. The highest BCUT2D eigenvalue weighted by molar-refractivity contribution is 9.10. The lowest BCUT2D eigenvalue weighted by molar-refractivity contribution is 0.383. The molecule has 1 unspecified atom stereocenters. The van der Waals surface area contributed by atoms with Gasteiger partial charge in [-0.25, -0.2) is 4.39 Å². The van der Waals surface area contributed by atoms with Gasteiger partial charge in [0.15, 0.2) is 11.6 Å². The zero-order valence-electron chi connectivity index (χ0n) is 12.2. The van der Waals surface area contributed by atoms with Gasteiger partial charge in [0.25, 0.3) is 0 Å².